The molecule has 0 spiro atoms. The van der Waals surface area contributed by atoms with Crippen LogP contribution < -0.4 is 29.1 Å². The molecular formula is C53H56O26. The quantitative estimate of drug-likeness (QED) is 0.0403. The fourth-order valence-corrected chi connectivity index (χ4v) is 8.54. The van der Waals surface area contributed by atoms with Crippen LogP contribution in [0.15, 0.2) is 94.2 Å². The number of hydrogen-bond donors (Lipinski definition) is 11. The lowest BCUT2D eigenvalue weighted by atomic mass is 9.98. The van der Waals surface area contributed by atoms with Crippen molar-refractivity contribution in [3.05, 3.63) is 106 Å². The van der Waals surface area contributed by atoms with Gasteiger partial charge in [0.05, 0.1) is 40.1 Å². The van der Waals surface area contributed by atoms with E-state index in [-0.39, 0.29) is 74.2 Å². The summed E-state index contributed by atoms with van der Waals surface area (Å²) in [4.78, 5) is 39.7. The summed E-state index contributed by atoms with van der Waals surface area (Å²) in [5, 5.41) is 118. The van der Waals surface area contributed by atoms with Crippen molar-refractivity contribution in [1.82, 2.24) is 0 Å². The summed E-state index contributed by atoms with van der Waals surface area (Å²) in [6, 6.07) is 15.6. The second kappa shape index (κ2) is 25.0. The van der Waals surface area contributed by atoms with Crippen LogP contribution in [0.2, 0.25) is 0 Å². The van der Waals surface area contributed by atoms with E-state index < -0.39 is 123 Å². The first kappa shape index (κ1) is 57.6. The Labute approximate surface area is 447 Å². The molecule has 424 valence electrons. The number of phenols is 3. The third-order valence-electron chi connectivity index (χ3n) is 12.8. The zero-order chi connectivity index (χ0) is 56.8. The minimum atomic E-state index is -2.10. The van der Waals surface area contributed by atoms with Crippen LogP contribution >= 0.6 is 0 Å². The minimum Gasteiger partial charge on any atom is -0.508 e. The van der Waals surface area contributed by atoms with Crippen molar-refractivity contribution >= 4 is 24.1 Å². The van der Waals surface area contributed by atoms with Crippen molar-refractivity contribution in [2.75, 3.05) is 41.2 Å². The molecule has 11 N–H and O–H groups in total. The molecule has 0 radical (unpaired) electrons. The molecule has 3 aromatic carbocycles. The fraction of sp³-hybridized carbons (Fsp3) is 0.377. The van der Waals surface area contributed by atoms with Crippen LogP contribution in [0.25, 0.3) is 34.8 Å². The van der Waals surface area contributed by atoms with E-state index in [1.165, 1.54) is 94.1 Å². The van der Waals surface area contributed by atoms with E-state index >= 15 is 0 Å². The van der Waals surface area contributed by atoms with Crippen LogP contribution in [-0.4, -0.2) is 195 Å². The average molecular weight is 1110 g/mol. The van der Waals surface area contributed by atoms with E-state index in [0.29, 0.717) is 5.56 Å². The molecule has 4 aliphatic heterocycles. The predicted octanol–water partition coefficient (Wildman–Crippen LogP) is -0.0965. The molecule has 3 aromatic rings. The van der Waals surface area contributed by atoms with Gasteiger partial charge in [0.2, 0.25) is 18.3 Å². The van der Waals surface area contributed by atoms with Gasteiger partial charge < -0.3 is 113 Å². The van der Waals surface area contributed by atoms with Gasteiger partial charge in [0.1, 0.15) is 78.8 Å². The third kappa shape index (κ3) is 13.0. The molecule has 0 saturated carbocycles. The van der Waals surface area contributed by atoms with Gasteiger partial charge in [-0.15, -0.1) is 0 Å². The van der Waals surface area contributed by atoms with Crippen molar-refractivity contribution in [3.8, 4) is 68.6 Å². The summed E-state index contributed by atoms with van der Waals surface area (Å²) in [7, 11) is 3.92. The Bertz CT molecular complexity index is 2990. The highest BCUT2D eigenvalue weighted by Gasteiger charge is 2.52. The molecule has 1 aliphatic carbocycles. The van der Waals surface area contributed by atoms with Gasteiger partial charge in [0, 0.05) is 29.8 Å². The molecule has 3 saturated heterocycles. The number of aromatic hydroxyl groups is 3. The molecule has 4 heterocycles. The lowest BCUT2D eigenvalue weighted by Crippen LogP contribution is -2.64. The van der Waals surface area contributed by atoms with Gasteiger partial charge in [0.25, 0.3) is 0 Å². The number of ether oxygens (including phenoxy) is 11. The monoisotopic (exact) mass is 1110 g/mol. The molecule has 3 fully saturated rings. The molecule has 0 aromatic heterocycles. The van der Waals surface area contributed by atoms with E-state index in [2.05, 4.69) is 0 Å². The third-order valence-corrected chi connectivity index (χ3v) is 12.8. The van der Waals surface area contributed by atoms with E-state index in [0.717, 1.165) is 24.3 Å². The maximum atomic E-state index is 13.4. The number of aliphatic hydroxyl groups is 8. The zero-order valence-electron chi connectivity index (χ0n) is 42.0. The lowest BCUT2D eigenvalue weighted by Gasteiger charge is -2.45. The first-order chi connectivity index (χ1) is 37.8. The van der Waals surface area contributed by atoms with E-state index in [1.807, 2.05) is 0 Å². The number of methoxy groups -OCH3 is 3. The normalized spacial score (nSPS) is 28.1. The zero-order valence-corrected chi connectivity index (χ0v) is 42.0. The Morgan fingerprint density at radius 2 is 1.25 bits per heavy atom. The van der Waals surface area contributed by atoms with Crippen molar-refractivity contribution in [1.29, 1.82) is 0 Å². The van der Waals surface area contributed by atoms with Gasteiger partial charge in [-0.3, -0.25) is 4.79 Å². The Balaban J connectivity index is 1.15. The van der Waals surface area contributed by atoms with Crippen LogP contribution in [0.4, 0.5) is 0 Å². The van der Waals surface area contributed by atoms with Crippen molar-refractivity contribution in [2.45, 2.75) is 86.0 Å². The summed E-state index contributed by atoms with van der Waals surface area (Å²) in [6.07, 6.45) is -21.3. The van der Waals surface area contributed by atoms with E-state index in [1.54, 1.807) is 0 Å². The number of benzene rings is 4. The molecule has 26 nitrogen and oxygen atoms in total. The highest BCUT2D eigenvalue weighted by Crippen LogP contribution is 2.44. The number of aliphatic hydroxyl groups excluding tert-OH is 8. The molecule has 14 atom stereocenters. The van der Waals surface area contributed by atoms with Crippen LogP contribution in [0, 0.1) is 0 Å². The number of carbonyl (C=O) groups excluding carboxylic acids is 2. The second-order valence-corrected chi connectivity index (χ2v) is 18.0. The summed E-state index contributed by atoms with van der Waals surface area (Å²) in [5.74, 6) is -3.71. The summed E-state index contributed by atoms with van der Waals surface area (Å²) in [6.45, 7) is -2.21. The van der Waals surface area contributed by atoms with Crippen LogP contribution in [0.5, 0.6) is 46.0 Å². The van der Waals surface area contributed by atoms with Gasteiger partial charge in [0.15, 0.2) is 58.4 Å². The molecule has 79 heavy (non-hydrogen) atoms. The van der Waals surface area contributed by atoms with Crippen molar-refractivity contribution in [2.24, 2.45) is 0 Å². The van der Waals surface area contributed by atoms with Gasteiger partial charge in [-0.2, -0.15) is 0 Å². The number of rotatable bonds is 18. The summed E-state index contributed by atoms with van der Waals surface area (Å²) in [5.41, 5.74) is 0.0866. The first-order valence-electron chi connectivity index (χ1n) is 24.1. The SMILES string of the molecule is COc1cc(C=CC(=O)OCC2OC(Oc3cc4c(OC5OC(CO)C(O)C(O)C5O)cc(=O)cc-4oc3-c3ccc(O)cc3)C(OC3OCC(O)C(O)C3OC(=O)C=Cc3cc(OC)c(O)c(OC)c3)C(O)C2O)ccc1O. The highest BCUT2D eigenvalue weighted by atomic mass is 16.8. The average Bonchev–Trinajstić information content (AvgIpc) is 3.45. The van der Waals surface area contributed by atoms with Crippen LogP contribution in [0.1, 0.15) is 11.1 Å². The molecule has 26 heteroatoms. The standard InChI is InChI=1S/C53H56O26/c1-68-33-14-23(4-11-29(33)57)5-12-39(59)71-22-38-44(64)46(66)50(79-52-49(41(61)30(58)21-72-52)78-40(60)13-6-24-15-34(69-2)42(62)35(16-24)70-3)53(77-38)75-36-19-28-31(73-48(36)25-7-9-26(55)10-8-25)17-27(56)18-32(28)74-51-47(67)45(65)43(63)37(20-54)76-51/h4-19,30,37-38,41,43-47,49-55,57-58,61-67H,20-22H2,1-3H3. The number of carbonyl (C=O) groups is 2. The first-order valence-corrected chi connectivity index (χ1v) is 24.1. The number of fused-ring (bicyclic) bond motifs is 1. The largest absolute Gasteiger partial charge is 0.508 e. The minimum absolute atomic E-state index is 0.00232. The Morgan fingerprint density at radius 3 is 1.94 bits per heavy atom. The van der Waals surface area contributed by atoms with E-state index in [9.17, 15) is 70.6 Å². The Kier molecular flexibility index (Phi) is 18.3. The number of hydrogen-bond acceptors (Lipinski definition) is 26. The number of esters is 2. The maximum Gasteiger partial charge on any atom is 0.331 e. The van der Waals surface area contributed by atoms with Crippen LogP contribution in [0.3, 0.4) is 0 Å². The summed E-state index contributed by atoms with van der Waals surface area (Å²) >= 11 is 0. The molecule has 14 unspecified atom stereocenters. The van der Waals surface area contributed by atoms with Gasteiger partial charge in [-0.25, -0.2) is 9.59 Å². The fourth-order valence-electron chi connectivity index (χ4n) is 8.54. The topological polar surface area (TPSA) is 388 Å². The molecule has 0 amide bonds. The highest BCUT2D eigenvalue weighted by molar-refractivity contribution is 5.88. The van der Waals surface area contributed by atoms with Crippen molar-refractivity contribution in [3.63, 3.8) is 0 Å². The molecule has 0 bridgehead atoms. The number of phenolic OH excluding ortho intramolecular Hbond substituents is 3. The summed E-state index contributed by atoms with van der Waals surface area (Å²) < 4.78 is 68.7. The second-order valence-electron chi connectivity index (χ2n) is 18.0. The smallest absolute Gasteiger partial charge is 0.331 e. The van der Waals surface area contributed by atoms with Crippen molar-refractivity contribution < 1.29 is 122 Å². The van der Waals surface area contributed by atoms with Gasteiger partial charge in [-0.1, -0.05) is 6.07 Å². The molecular weight excluding hydrogens is 1050 g/mol. The predicted molar refractivity (Wildman–Crippen MR) is 266 cm³/mol. The Hall–Kier alpha value is -7.57. The van der Waals surface area contributed by atoms with Crippen LogP contribution in [-0.2, 0) is 38.0 Å². The maximum absolute atomic E-state index is 13.4. The molecule has 5 aliphatic rings. The Morgan fingerprint density at radius 1 is 0.620 bits per heavy atom. The lowest BCUT2D eigenvalue weighted by molar-refractivity contribution is -0.345. The van der Waals surface area contributed by atoms with Gasteiger partial charge >= 0.3 is 11.9 Å². The van der Waals surface area contributed by atoms with Gasteiger partial charge in [-0.05, 0) is 77.9 Å². The van der Waals surface area contributed by atoms with E-state index in [4.69, 9.17) is 56.5 Å². The molecule has 8 rings (SSSR count).